The average molecular weight is 346 g/mol. The normalized spacial score (nSPS) is 10.3. The van der Waals surface area contributed by atoms with Crippen molar-refractivity contribution >= 4 is 22.6 Å². The smallest absolute Gasteiger partial charge is 0.200 e. The SMILES string of the molecule is Fc1cccc(OCc2ccc(I)cc2)c1F. The molecule has 17 heavy (non-hydrogen) atoms. The molecule has 1 nitrogen and oxygen atoms in total. The van der Waals surface area contributed by atoms with Crippen molar-refractivity contribution in [2.75, 3.05) is 0 Å². The molecule has 88 valence electrons. The largest absolute Gasteiger partial charge is 0.486 e. The quantitative estimate of drug-likeness (QED) is 0.759. The van der Waals surface area contributed by atoms with Crippen molar-refractivity contribution in [1.29, 1.82) is 0 Å². The molecule has 2 rings (SSSR count). The number of rotatable bonds is 3. The van der Waals surface area contributed by atoms with Gasteiger partial charge < -0.3 is 4.74 Å². The number of benzene rings is 2. The standard InChI is InChI=1S/C13H9F2IO/c14-11-2-1-3-12(13(11)15)17-8-9-4-6-10(16)7-5-9/h1-7H,8H2. The van der Waals surface area contributed by atoms with Crippen LogP contribution in [0.5, 0.6) is 5.75 Å². The van der Waals surface area contributed by atoms with Crippen molar-refractivity contribution in [2.45, 2.75) is 6.61 Å². The first-order valence-corrected chi connectivity index (χ1v) is 6.06. The molecule has 0 bridgehead atoms. The Morgan fingerprint density at radius 1 is 1.00 bits per heavy atom. The maximum atomic E-state index is 13.3. The van der Waals surface area contributed by atoms with Crippen LogP contribution in [0.2, 0.25) is 0 Å². The molecule has 0 heterocycles. The lowest BCUT2D eigenvalue weighted by Gasteiger charge is -2.07. The minimum atomic E-state index is -0.946. The molecule has 0 atom stereocenters. The molecule has 0 aromatic heterocycles. The Bertz CT molecular complexity index is 511. The Kier molecular flexibility index (Phi) is 3.93. The fourth-order valence-electron chi connectivity index (χ4n) is 1.34. The number of hydrogen-bond acceptors (Lipinski definition) is 1. The van der Waals surface area contributed by atoms with Gasteiger partial charge in [0.15, 0.2) is 11.6 Å². The Morgan fingerprint density at radius 3 is 2.41 bits per heavy atom. The molecule has 2 aromatic carbocycles. The molecular formula is C13H9F2IO. The highest BCUT2D eigenvalue weighted by atomic mass is 127. The molecule has 0 N–H and O–H groups in total. The monoisotopic (exact) mass is 346 g/mol. The van der Waals surface area contributed by atoms with E-state index in [4.69, 9.17) is 4.74 Å². The van der Waals surface area contributed by atoms with E-state index in [9.17, 15) is 8.78 Å². The predicted octanol–water partition coefficient (Wildman–Crippen LogP) is 4.15. The molecule has 4 heteroatoms. The van der Waals surface area contributed by atoms with Crippen molar-refractivity contribution in [2.24, 2.45) is 0 Å². The van der Waals surface area contributed by atoms with Gasteiger partial charge in [0.1, 0.15) is 6.61 Å². The van der Waals surface area contributed by atoms with Gasteiger partial charge in [0, 0.05) is 3.57 Å². The molecule has 0 aliphatic rings. The topological polar surface area (TPSA) is 9.23 Å². The van der Waals surface area contributed by atoms with Crippen LogP contribution < -0.4 is 4.74 Å². The average Bonchev–Trinajstić information content (AvgIpc) is 2.33. The molecule has 0 amide bonds. The molecule has 0 unspecified atom stereocenters. The van der Waals surface area contributed by atoms with Gasteiger partial charge >= 0.3 is 0 Å². The van der Waals surface area contributed by atoms with Gasteiger partial charge in [-0.2, -0.15) is 4.39 Å². The van der Waals surface area contributed by atoms with Gasteiger partial charge in [0.05, 0.1) is 0 Å². The lowest BCUT2D eigenvalue weighted by atomic mass is 10.2. The van der Waals surface area contributed by atoms with E-state index in [2.05, 4.69) is 22.6 Å². The van der Waals surface area contributed by atoms with Crippen LogP contribution in [0.4, 0.5) is 8.78 Å². The summed E-state index contributed by atoms with van der Waals surface area (Å²) >= 11 is 2.20. The van der Waals surface area contributed by atoms with Gasteiger partial charge in [0.2, 0.25) is 5.82 Å². The molecule has 0 saturated carbocycles. The summed E-state index contributed by atoms with van der Waals surface area (Å²) in [7, 11) is 0. The van der Waals surface area contributed by atoms with E-state index >= 15 is 0 Å². The van der Waals surface area contributed by atoms with Crippen LogP contribution in [-0.4, -0.2) is 0 Å². The molecule has 0 spiro atoms. The lowest BCUT2D eigenvalue weighted by Crippen LogP contribution is -1.98. The van der Waals surface area contributed by atoms with E-state index in [1.54, 1.807) is 0 Å². The third kappa shape index (κ3) is 3.15. The highest BCUT2D eigenvalue weighted by Gasteiger charge is 2.08. The van der Waals surface area contributed by atoms with Crippen LogP contribution in [0.25, 0.3) is 0 Å². The van der Waals surface area contributed by atoms with E-state index in [1.165, 1.54) is 12.1 Å². The Labute approximate surface area is 112 Å². The van der Waals surface area contributed by atoms with Gasteiger partial charge in [-0.15, -0.1) is 0 Å². The summed E-state index contributed by atoms with van der Waals surface area (Å²) in [6, 6.07) is 11.5. The van der Waals surface area contributed by atoms with Crippen LogP contribution in [-0.2, 0) is 6.61 Å². The van der Waals surface area contributed by atoms with Crippen molar-refractivity contribution in [3.05, 3.63) is 63.2 Å². The third-order valence-electron chi connectivity index (χ3n) is 2.22. The molecule has 0 saturated heterocycles. The van der Waals surface area contributed by atoms with E-state index < -0.39 is 11.6 Å². The van der Waals surface area contributed by atoms with E-state index in [0.717, 1.165) is 15.2 Å². The van der Waals surface area contributed by atoms with Crippen LogP contribution >= 0.6 is 22.6 Å². The molecule has 0 aliphatic carbocycles. The minimum Gasteiger partial charge on any atom is -0.486 e. The zero-order chi connectivity index (χ0) is 12.3. The second-order valence-corrected chi connectivity index (χ2v) is 4.71. The van der Waals surface area contributed by atoms with Crippen molar-refractivity contribution in [1.82, 2.24) is 0 Å². The molecule has 0 aliphatic heterocycles. The van der Waals surface area contributed by atoms with Crippen LogP contribution in [0.15, 0.2) is 42.5 Å². The maximum Gasteiger partial charge on any atom is 0.200 e. The summed E-state index contributed by atoms with van der Waals surface area (Å²) in [5, 5.41) is 0. The highest BCUT2D eigenvalue weighted by Crippen LogP contribution is 2.20. The highest BCUT2D eigenvalue weighted by molar-refractivity contribution is 14.1. The fraction of sp³-hybridized carbons (Fsp3) is 0.0769. The first-order chi connectivity index (χ1) is 8.16. The molecular weight excluding hydrogens is 337 g/mol. The molecule has 2 aromatic rings. The second-order valence-electron chi connectivity index (χ2n) is 3.47. The van der Waals surface area contributed by atoms with E-state index in [0.29, 0.717) is 0 Å². The van der Waals surface area contributed by atoms with Gasteiger partial charge in [0.25, 0.3) is 0 Å². The van der Waals surface area contributed by atoms with Gasteiger partial charge in [-0.25, -0.2) is 4.39 Å². The lowest BCUT2D eigenvalue weighted by molar-refractivity contribution is 0.284. The number of hydrogen-bond donors (Lipinski definition) is 0. The zero-order valence-corrected chi connectivity index (χ0v) is 10.9. The van der Waals surface area contributed by atoms with Gasteiger partial charge in [-0.1, -0.05) is 18.2 Å². The minimum absolute atomic E-state index is 0.0662. The van der Waals surface area contributed by atoms with Crippen molar-refractivity contribution < 1.29 is 13.5 Å². The Morgan fingerprint density at radius 2 is 1.71 bits per heavy atom. The summed E-state index contributed by atoms with van der Waals surface area (Å²) in [5.74, 6) is -1.91. The van der Waals surface area contributed by atoms with E-state index in [1.807, 2.05) is 24.3 Å². The maximum absolute atomic E-state index is 13.3. The van der Waals surface area contributed by atoms with Gasteiger partial charge in [-0.3, -0.25) is 0 Å². The fourth-order valence-corrected chi connectivity index (χ4v) is 1.70. The number of ether oxygens (including phenoxy) is 1. The summed E-state index contributed by atoms with van der Waals surface area (Å²) in [5.41, 5.74) is 0.911. The van der Waals surface area contributed by atoms with Crippen LogP contribution in [0, 0.1) is 15.2 Å². The summed E-state index contributed by atoms with van der Waals surface area (Å²) < 4.78 is 32.5. The first-order valence-electron chi connectivity index (χ1n) is 4.98. The predicted molar refractivity (Wildman–Crippen MR) is 69.8 cm³/mol. The van der Waals surface area contributed by atoms with Gasteiger partial charge in [-0.05, 0) is 52.4 Å². The second kappa shape index (κ2) is 5.44. The zero-order valence-electron chi connectivity index (χ0n) is 8.79. The van der Waals surface area contributed by atoms with Crippen LogP contribution in [0.1, 0.15) is 5.56 Å². The first kappa shape index (κ1) is 12.3. The molecule has 0 fully saturated rings. The summed E-state index contributed by atoms with van der Waals surface area (Å²) in [4.78, 5) is 0. The Hall–Kier alpha value is -1.17. The van der Waals surface area contributed by atoms with Crippen molar-refractivity contribution in [3.63, 3.8) is 0 Å². The van der Waals surface area contributed by atoms with Crippen LogP contribution in [0.3, 0.4) is 0 Å². The van der Waals surface area contributed by atoms with E-state index in [-0.39, 0.29) is 12.4 Å². The number of halogens is 3. The Balaban J connectivity index is 2.07. The molecule has 0 radical (unpaired) electrons. The third-order valence-corrected chi connectivity index (χ3v) is 2.94. The van der Waals surface area contributed by atoms with Crippen molar-refractivity contribution in [3.8, 4) is 5.75 Å². The summed E-state index contributed by atoms with van der Waals surface area (Å²) in [6.07, 6.45) is 0. The summed E-state index contributed by atoms with van der Waals surface area (Å²) in [6.45, 7) is 0.220.